The lowest BCUT2D eigenvalue weighted by Crippen LogP contribution is -2.30. The highest BCUT2D eigenvalue weighted by Gasteiger charge is 2.19. The lowest BCUT2D eigenvalue weighted by Gasteiger charge is -2.18. The number of hydrogen-bond donors (Lipinski definition) is 0. The summed E-state index contributed by atoms with van der Waals surface area (Å²) in [7, 11) is 0. The summed E-state index contributed by atoms with van der Waals surface area (Å²) >= 11 is 0. The Labute approximate surface area is 400 Å². The minimum Gasteiger partial charge on any atom is -0.462 e. The summed E-state index contributed by atoms with van der Waals surface area (Å²) < 4.78 is 16.7. The number of unbranched alkanes of at least 4 members (excludes halogenated alkanes) is 20. The Kier molecular flexibility index (Phi) is 50.0. The second kappa shape index (κ2) is 52.9. The molecule has 0 heterocycles. The van der Waals surface area contributed by atoms with E-state index in [0.717, 1.165) is 89.9 Å². The standard InChI is InChI=1S/C59H98O6/c1-4-7-10-13-16-19-22-24-26-28-29-31-33-35-38-40-43-46-49-52-58(61)64-55-56(65-59(62)53-50-47-44-41-36-21-18-15-12-9-6-3)54-63-57(60)51-48-45-42-39-37-34-32-30-27-25-23-20-17-14-11-8-5-2/h7,10,16-17,19-20,24-27,29,31,35,38,43,46,56H,4-6,8-9,11-15,18,21-23,28,30,32-34,36-37,39-42,44-45,47-55H2,1-3H3/b10-7-,19-16-,20-17-,26-24-,27-25-,31-29-,38-35-,46-43-/t56-/m0/s1. The molecule has 1 atom stereocenters. The fourth-order valence-corrected chi connectivity index (χ4v) is 7.09. The molecule has 0 N–H and O–H groups in total. The van der Waals surface area contributed by atoms with Gasteiger partial charge < -0.3 is 14.2 Å². The molecule has 0 unspecified atom stereocenters. The van der Waals surface area contributed by atoms with Crippen molar-refractivity contribution in [1.82, 2.24) is 0 Å². The Morgan fingerprint density at radius 3 is 1.06 bits per heavy atom. The van der Waals surface area contributed by atoms with Crippen LogP contribution >= 0.6 is 0 Å². The normalized spacial score (nSPS) is 12.8. The molecule has 6 heteroatoms. The van der Waals surface area contributed by atoms with E-state index < -0.39 is 6.10 Å². The minimum atomic E-state index is -0.809. The van der Waals surface area contributed by atoms with Crippen molar-refractivity contribution in [3.63, 3.8) is 0 Å². The summed E-state index contributed by atoms with van der Waals surface area (Å²) in [5.41, 5.74) is 0. The molecule has 0 aliphatic heterocycles. The molecule has 0 bridgehead atoms. The summed E-state index contributed by atoms with van der Waals surface area (Å²) in [5, 5.41) is 0. The van der Waals surface area contributed by atoms with Gasteiger partial charge in [-0.05, 0) is 89.9 Å². The van der Waals surface area contributed by atoms with E-state index in [1.54, 1.807) is 0 Å². The molecule has 0 spiro atoms. The molecule has 0 aromatic rings. The number of esters is 3. The third kappa shape index (κ3) is 51.2. The molecule has 0 amide bonds. The zero-order valence-electron chi connectivity index (χ0n) is 42.2. The van der Waals surface area contributed by atoms with Gasteiger partial charge in [-0.3, -0.25) is 14.4 Å². The topological polar surface area (TPSA) is 78.9 Å². The van der Waals surface area contributed by atoms with E-state index in [-0.39, 0.29) is 37.5 Å². The van der Waals surface area contributed by atoms with Crippen LogP contribution in [-0.4, -0.2) is 37.2 Å². The number of allylic oxidation sites excluding steroid dienone is 16. The van der Waals surface area contributed by atoms with Crippen LogP contribution in [0.3, 0.4) is 0 Å². The quantitative estimate of drug-likeness (QED) is 0.0262. The zero-order chi connectivity index (χ0) is 47.2. The maximum Gasteiger partial charge on any atom is 0.306 e. The molecular weight excluding hydrogens is 805 g/mol. The first kappa shape index (κ1) is 61.3. The molecule has 0 aromatic carbocycles. The molecule has 0 aromatic heterocycles. The third-order valence-corrected chi connectivity index (χ3v) is 11.1. The molecule has 0 saturated heterocycles. The molecule has 0 aliphatic carbocycles. The molecule has 6 nitrogen and oxygen atoms in total. The molecule has 0 fully saturated rings. The number of rotatable bonds is 47. The minimum absolute atomic E-state index is 0.104. The average molecular weight is 903 g/mol. The van der Waals surface area contributed by atoms with Gasteiger partial charge in [0.1, 0.15) is 13.2 Å². The van der Waals surface area contributed by atoms with Crippen molar-refractivity contribution in [2.75, 3.05) is 13.2 Å². The molecule has 0 radical (unpaired) electrons. The summed E-state index contributed by atoms with van der Waals surface area (Å²) in [6.45, 7) is 6.42. The van der Waals surface area contributed by atoms with Gasteiger partial charge in [-0.2, -0.15) is 0 Å². The van der Waals surface area contributed by atoms with Gasteiger partial charge >= 0.3 is 17.9 Å². The molecule has 0 rings (SSSR count). The zero-order valence-corrected chi connectivity index (χ0v) is 42.2. The van der Waals surface area contributed by atoms with Gasteiger partial charge in [0.05, 0.1) is 0 Å². The van der Waals surface area contributed by atoms with E-state index in [9.17, 15) is 14.4 Å². The van der Waals surface area contributed by atoms with Crippen LogP contribution in [0, 0.1) is 0 Å². The van der Waals surface area contributed by atoms with Crippen LogP contribution in [0.5, 0.6) is 0 Å². The SMILES string of the molecule is CC/C=C\C/C=C\C/C=C\C/C=C\C/C=C\C/C=C\CCC(=O)OC[C@H](COC(=O)CCCCCCCCC/C=C\C/C=C\CCCCC)OC(=O)CCCCCCCCCCCCC. The predicted molar refractivity (Wildman–Crippen MR) is 279 cm³/mol. The van der Waals surface area contributed by atoms with Gasteiger partial charge in [0.25, 0.3) is 0 Å². The lowest BCUT2D eigenvalue weighted by molar-refractivity contribution is -0.166. The van der Waals surface area contributed by atoms with Crippen molar-refractivity contribution in [1.29, 1.82) is 0 Å². The first-order valence-electron chi connectivity index (χ1n) is 26.7. The first-order chi connectivity index (χ1) is 32.0. The Bertz CT molecular complexity index is 1310. The van der Waals surface area contributed by atoms with E-state index >= 15 is 0 Å². The van der Waals surface area contributed by atoms with Crippen molar-refractivity contribution < 1.29 is 28.6 Å². The number of carbonyl (C=O) groups excluding carboxylic acids is 3. The van der Waals surface area contributed by atoms with E-state index in [4.69, 9.17) is 14.2 Å². The molecular formula is C59H98O6. The highest BCUT2D eigenvalue weighted by Crippen LogP contribution is 2.14. The third-order valence-electron chi connectivity index (χ3n) is 11.1. The average Bonchev–Trinajstić information content (AvgIpc) is 3.30. The fourth-order valence-electron chi connectivity index (χ4n) is 7.09. The Balaban J connectivity index is 4.47. The Morgan fingerprint density at radius 1 is 0.323 bits per heavy atom. The van der Waals surface area contributed by atoms with Crippen LogP contribution < -0.4 is 0 Å². The van der Waals surface area contributed by atoms with Gasteiger partial charge in [-0.15, -0.1) is 0 Å². The van der Waals surface area contributed by atoms with Crippen molar-refractivity contribution in [2.45, 2.75) is 245 Å². The maximum atomic E-state index is 12.8. The largest absolute Gasteiger partial charge is 0.462 e. The van der Waals surface area contributed by atoms with Crippen LogP contribution in [0.25, 0.3) is 0 Å². The Morgan fingerprint density at radius 2 is 0.631 bits per heavy atom. The van der Waals surface area contributed by atoms with E-state index in [1.807, 2.05) is 6.08 Å². The highest BCUT2D eigenvalue weighted by molar-refractivity contribution is 5.71. The van der Waals surface area contributed by atoms with Crippen molar-refractivity contribution in [3.8, 4) is 0 Å². The van der Waals surface area contributed by atoms with Gasteiger partial charge in [-0.1, -0.05) is 227 Å². The summed E-state index contributed by atoms with van der Waals surface area (Å²) in [5.74, 6) is -1.00. The van der Waals surface area contributed by atoms with Gasteiger partial charge in [0.15, 0.2) is 6.10 Å². The van der Waals surface area contributed by atoms with E-state index in [0.29, 0.717) is 19.3 Å². The first-order valence-corrected chi connectivity index (χ1v) is 26.7. The van der Waals surface area contributed by atoms with Crippen molar-refractivity contribution >= 4 is 17.9 Å². The fraction of sp³-hybridized carbons (Fsp3) is 0.678. The molecule has 65 heavy (non-hydrogen) atoms. The van der Waals surface area contributed by atoms with Crippen molar-refractivity contribution in [3.05, 3.63) is 97.2 Å². The van der Waals surface area contributed by atoms with Gasteiger partial charge in [0, 0.05) is 19.3 Å². The molecule has 0 saturated carbocycles. The maximum absolute atomic E-state index is 12.8. The van der Waals surface area contributed by atoms with Gasteiger partial charge in [-0.25, -0.2) is 0 Å². The lowest BCUT2D eigenvalue weighted by atomic mass is 10.1. The van der Waals surface area contributed by atoms with Crippen LogP contribution in [0.2, 0.25) is 0 Å². The van der Waals surface area contributed by atoms with Crippen LogP contribution in [-0.2, 0) is 28.6 Å². The second-order valence-corrected chi connectivity index (χ2v) is 17.4. The smallest absolute Gasteiger partial charge is 0.306 e. The van der Waals surface area contributed by atoms with Crippen molar-refractivity contribution in [2.24, 2.45) is 0 Å². The van der Waals surface area contributed by atoms with Gasteiger partial charge in [0.2, 0.25) is 0 Å². The van der Waals surface area contributed by atoms with E-state index in [1.165, 1.54) is 103 Å². The highest BCUT2D eigenvalue weighted by atomic mass is 16.6. The summed E-state index contributed by atoms with van der Waals surface area (Å²) in [6, 6.07) is 0. The predicted octanol–water partition coefficient (Wildman–Crippen LogP) is 17.8. The summed E-state index contributed by atoms with van der Waals surface area (Å²) in [4.78, 5) is 38.0. The second-order valence-electron chi connectivity index (χ2n) is 17.4. The monoisotopic (exact) mass is 903 g/mol. The number of carbonyl (C=O) groups is 3. The summed E-state index contributed by atoms with van der Waals surface area (Å²) in [6.07, 6.45) is 69.7. The number of hydrogen-bond acceptors (Lipinski definition) is 6. The number of ether oxygens (including phenoxy) is 3. The van der Waals surface area contributed by atoms with Crippen LogP contribution in [0.15, 0.2) is 97.2 Å². The van der Waals surface area contributed by atoms with Crippen LogP contribution in [0.4, 0.5) is 0 Å². The van der Waals surface area contributed by atoms with E-state index in [2.05, 4.69) is 112 Å². The van der Waals surface area contributed by atoms with Crippen LogP contribution in [0.1, 0.15) is 239 Å². The molecule has 370 valence electrons. The molecule has 0 aliphatic rings. The Hall–Kier alpha value is -3.67.